The summed E-state index contributed by atoms with van der Waals surface area (Å²) in [5.74, 6) is 0.741. The van der Waals surface area contributed by atoms with Crippen LogP contribution in [0.25, 0.3) is 10.2 Å². The molecule has 1 amide bonds. The zero-order valence-corrected chi connectivity index (χ0v) is 10.8. The summed E-state index contributed by atoms with van der Waals surface area (Å²) < 4.78 is 7.48. The summed E-state index contributed by atoms with van der Waals surface area (Å²) in [6, 6.07) is 5.32. The van der Waals surface area contributed by atoms with E-state index < -0.39 is 0 Å². The highest BCUT2D eigenvalue weighted by atomic mass is 32.1. The summed E-state index contributed by atoms with van der Waals surface area (Å²) in [6.07, 6.45) is 4.56. The van der Waals surface area contributed by atoms with Gasteiger partial charge in [-0.25, -0.2) is 14.8 Å². The predicted molar refractivity (Wildman–Crippen MR) is 72.8 cm³/mol. The van der Waals surface area contributed by atoms with Gasteiger partial charge < -0.3 is 4.74 Å². The van der Waals surface area contributed by atoms with E-state index in [1.165, 1.54) is 22.2 Å². The van der Waals surface area contributed by atoms with E-state index in [0.717, 1.165) is 16.0 Å². The van der Waals surface area contributed by atoms with Crippen LogP contribution in [0, 0.1) is 0 Å². The summed E-state index contributed by atoms with van der Waals surface area (Å²) in [4.78, 5) is 20.0. The maximum atomic E-state index is 11.8. The Morgan fingerprint density at radius 1 is 1.47 bits per heavy atom. The minimum absolute atomic E-state index is 0.288. The first-order valence-corrected chi connectivity index (χ1v) is 6.32. The molecular weight excluding hydrogens is 264 g/mol. The van der Waals surface area contributed by atoms with Crippen LogP contribution < -0.4 is 10.1 Å². The van der Waals surface area contributed by atoms with Gasteiger partial charge in [-0.3, -0.25) is 9.88 Å². The fourth-order valence-electron chi connectivity index (χ4n) is 1.62. The molecule has 0 radical (unpaired) electrons. The summed E-state index contributed by atoms with van der Waals surface area (Å²) in [5.41, 5.74) is 0.797. The van der Waals surface area contributed by atoms with E-state index in [-0.39, 0.29) is 6.03 Å². The number of amides is 1. The van der Waals surface area contributed by atoms with E-state index >= 15 is 0 Å². The largest absolute Gasteiger partial charge is 0.497 e. The molecule has 6 nitrogen and oxygen atoms in total. The van der Waals surface area contributed by atoms with Gasteiger partial charge in [0.05, 0.1) is 17.3 Å². The molecule has 1 N–H and O–H groups in total. The van der Waals surface area contributed by atoms with Crippen LogP contribution in [0.5, 0.6) is 5.75 Å². The molecule has 3 aromatic rings. The van der Waals surface area contributed by atoms with E-state index in [2.05, 4.69) is 15.3 Å². The molecule has 0 unspecified atom stereocenters. The first-order valence-electron chi connectivity index (χ1n) is 5.50. The van der Waals surface area contributed by atoms with Crippen LogP contribution in [-0.2, 0) is 0 Å². The number of anilines is 1. The molecule has 2 aromatic heterocycles. The smallest absolute Gasteiger partial charge is 0.333 e. The topological polar surface area (TPSA) is 69.0 Å². The predicted octanol–water partition coefficient (Wildman–Crippen LogP) is 2.58. The number of thiazole rings is 1. The maximum Gasteiger partial charge on any atom is 0.333 e. The van der Waals surface area contributed by atoms with Crippen LogP contribution in [0.4, 0.5) is 9.93 Å². The maximum absolute atomic E-state index is 11.8. The highest BCUT2D eigenvalue weighted by molar-refractivity contribution is 7.22. The molecule has 0 fully saturated rings. The molecule has 0 spiro atoms. The lowest BCUT2D eigenvalue weighted by atomic mass is 10.3. The van der Waals surface area contributed by atoms with E-state index in [1.807, 2.05) is 18.2 Å². The Balaban J connectivity index is 1.87. The number of carbonyl (C=O) groups excluding carboxylic acids is 1. The lowest BCUT2D eigenvalue weighted by Crippen LogP contribution is -2.17. The molecule has 3 rings (SSSR count). The van der Waals surface area contributed by atoms with E-state index in [1.54, 1.807) is 19.5 Å². The highest BCUT2D eigenvalue weighted by Gasteiger charge is 2.09. The molecule has 7 heteroatoms. The van der Waals surface area contributed by atoms with E-state index in [9.17, 15) is 4.79 Å². The van der Waals surface area contributed by atoms with Crippen LogP contribution in [0.3, 0.4) is 0 Å². The molecule has 0 atom stereocenters. The van der Waals surface area contributed by atoms with Crippen molar-refractivity contribution >= 4 is 32.7 Å². The number of hydrogen-bond acceptors (Lipinski definition) is 5. The number of nitrogens with one attached hydrogen (secondary N) is 1. The average molecular weight is 274 g/mol. The van der Waals surface area contributed by atoms with Gasteiger partial charge in [0.1, 0.15) is 12.1 Å². The van der Waals surface area contributed by atoms with E-state index in [4.69, 9.17) is 4.74 Å². The minimum Gasteiger partial charge on any atom is -0.497 e. The normalized spacial score (nSPS) is 10.6. The minimum atomic E-state index is -0.288. The molecule has 0 saturated carbocycles. The standard InChI is InChI=1S/C12H10N4O2S/c1-18-8-2-3-10-9(6-8)14-11(19-10)15-12(17)16-5-4-13-7-16/h2-7H,1H3,(H,14,15,17). The molecule has 0 bridgehead atoms. The van der Waals surface area contributed by atoms with Crippen molar-refractivity contribution in [3.8, 4) is 5.75 Å². The first-order chi connectivity index (χ1) is 9.26. The van der Waals surface area contributed by atoms with Crippen molar-refractivity contribution in [2.45, 2.75) is 0 Å². The Bertz CT molecular complexity index is 720. The molecule has 0 aliphatic rings. The molecule has 2 heterocycles. The fraction of sp³-hybridized carbons (Fsp3) is 0.0833. The number of hydrogen-bond donors (Lipinski definition) is 1. The Morgan fingerprint density at radius 2 is 2.37 bits per heavy atom. The van der Waals surface area contributed by atoms with Crippen LogP contribution >= 0.6 is 11.3 Å². The number of benzene rings is 1. The third kappa shape index (κ3) is 2.27. The van der Waals surface area contributed by atoms with Crippen LogP contribution in [-0.4, -0.2) is 27.7 Å². The number of methoxy groups -OCH3 is 1. The van der Waals surface area contributed by atoms with Gasteiger partial charge in [0.2, 0.25) is 0 Å². The number of rotatable bonds is 2. The number of imidazole rings is 1. The zero-order valence-electron chi connectivity index (χ0n) is 10.0. The third-order valence-electron chi connectivity index (χ3n) is 2.55. The summed E-state index contributed by atoms with van der Waals surface area (Å²) in [5, 5.41) is 3.27. The van der Waals surface area contributed by atoms with Crippen LogP contribution in [0.1, 0.15) is 0 Å². The Kier molecular flexibility index (Phi) is 2.88. The van der Waals surface area contributed by atoms with Gasteiger partial charge in [0.15, 0.2) is 5.13 Å². The second-order valence-corrected chi connectivity index (χ2v) is 4.78. The first kappa shape index (κ1) is 11.7. The van der Waals surface area contributed by atoms with Crippen molar-refractivity contribution in [1.82, 2.24) is 14.5 Å². The highest BCUT2D eigenvalue weighted by Crippen LogP contribution is 2.28. The fourth-order valence-corrected chi connectivity index (χ4v) is 2.46. The molecule has 19 heavy (non-hydrogen) atoms. The average Bonchev–Trinajstić information content (AvgIpc) is 3.06. The summed E-state index contributed by atoms with van der Waals surface area (Å²) >= 11 is 1.41. The van der Waals surface area contributed by atoms with Gasteiger partial charge in [-0.15, -0.1) is 0 Å². The van der Waals surface area contributed by atoms with Gasteiger partial charge in [-0.1, -0.05) is 11.3 Å². The lowest BCUT2D eigenvalue weighted by Gasteiger charge is -1.99. The van der Waals surface area contributed by atoms with Crippen molar-refractivity contribution in [2.75, 3.05) is 12.4 Å². The molecule has 0 saturated heterocycles. The number of nitrogens with zero attached hydrogens (tertiary/aromatic N) is 3. The second-order valence-electron chi connectivity index (χ2n) is 3.75. The number of fused-ring (bicyclic) bond motifs is 1. The Hall–Kier alpha value is -2.41. The second kappa shape index (κ2) is 4.69. The van der Waals surface area contributed by atoms with Crippen LogP contribution in [0.2, 0.25) is 0 Å². The monoisotopic (exact) mass is 274 g/mol. The van der Waals surface area contributed by atoms with Crippen molar-refractivity contribution in [3.05, 3.63) is 36.9 Å². The lowest BCUT2D eigenvalue weighted by molar-refractivity contribution is 0.253. The van der Waals surface area contributed by atoms with Crippen molar-refractivity contribution in [3.63, 3.8) is 0 Å². The number of aromatic nitrogens is 3. The SMILES string of the molecule is COc1ccc2sc(NC(=O)n3ccnc3)nc2c1. The molecule has 0 aliphatic carbocycles. The molecular formula is C12H10N4O2S. The quantitative estimate of drug-likeness (QED) is 0.779. The zero-order chi connectivity index (χ0) is 13.2. The molecule has 0 aliphatic heterocycles. The van der Waals surface area contributed by atoms with Crippen LogP contribution in [0.15, 0.2) is 36.9 Å². The van der Waals surface area contributed by atoms with Gasteiger partial charge in [0, 0.05) is 18.5 Å². The van der Waals surface area contributed by atoms with Gasteiger partial charge in [-0.05, 0) is 12.1 Å². The number of ether oxygens (including phenoxy) is 1. The third-order valence-corrected chi connectivity index (χ3v) is 3.50. The van der Waals surface area contributed by atoms with Crippen molar-refractivity contribution in [1.29, 1.82) is 0 Å². The Morgan fingerprint density at radius 3 is 3.11 bits per heavy atom. The van der Waals surface area contributed by atoms with Gasteiger partial charge >= 0.3 is 6.03 Å². The molecule has 96 valence electrons. The summed E-state index contributed by atoms with van der Waals surface area (Å²) in [6.45, 7) is 0. The molecule has 1 aromatic carbocycles. The van der Waals surface area contributed by atoms with E-state index in [0.29, 0.717) is 5.13 Å². The Labute approximate surface area is 112 Å². The van der Waals surface area contributed by atoms with Gasteiger partial charge in [0.25, 0.3) is 0 Å². The summed E-state index contributed by atoms with van der Waals surface area (Å²) in [7, 11) is 1.61. The van der Waals surface area contributed by atoms with Gasteiger partial charge in [-0.2, -0.15) is 0 Å². The number of carbonyl (C=O) groups is 1. The van der Waals surface area contributed by atoms with Crippen molar-refractivity contribution < 1.29 is 9.53 Å². The van der Waals surface area contributed by atoms with Crippen molar-refractivity contribution in [2.24, 2.45) is 0 Å².